The molecule has 2 atom stereocenters. The highest BCUT2D eigenvalue weighted by Gasteiger charge is 2.24. The molecule has 0 saturated carbocycles. The van der Waals surface area contributed by atoms with Gasteiger partial charge in [-0.1, -0.05) is 39.0 Å². The lowest BCUT2D eigenvalue weighted by Gasteiger charge is -2.21. The van der Waals surface area contributed by atoms with Gasteiger partial charge in [0.2, 0.25) is 0 Å². The van der Waals surface area contributed by atoms with Crippen LogP contribution in [0.3, 0.4) is 0 Å². The van der Waals surface area contributed by atoms with Gasteiger partial charge in [-0.3, -0.25) is 0 Å². The van der Waals surface area contributed by atoms with E-state index in [1.54, 1.807) is 0 Å². The lowest BCUT2D eigenvalue weighted by Crippen LogP contribution is -2.30. The fourth-order valence-corrected chi connectivity index (χ4v) is 2.27. The van der Waals surface area contributed by atoms with Crippen LogP contribution in [0.4, 0.5) is 14.4 Å². The summed E-state index contributed by atoms with van der Waals surface area (Å²) in [5.74, 6) is 0. The number of rotatable bonds is 13. The van der Waals surface area contributed by atoms with Gasteiger partial charge in [0, 0.05) is 6.42 Å². The summed E-state index contributed by atoms with van der Waals surface area (Å²) in [5, 5.41) is 25.9. The summed E-state index contributed by atoms with van der Waals surface area (Å²) >= 11 is 0. The molecule has 0 spiro atoms. The predicted molar refractivity (Wildman–Crippen MR) is 82.4 cm³/mol. The maximum Gasteiger partial charge on any atom is 0.506 e. The van der Waals surface area contributed by atoms with Crippen molar-refractivity contribution >= 4 is 18.5 Å². The van der Waals surface area contributed by atoms with Crippen molar-refractivity contribution in [2.75, 3.05) is 6.61 Å². The summed E-state index contributed by atoms with van der Waals surface area (Å²) in [7, 11) is 0. The largest absolute Gasteiger partial charge is 0.506 e. The van der Waals surface area contributed by atoms with Crippen LogP contribution in [-0.2, 0) is 14.2 Å². The number of unbranched alkanes of at least 4 members (excludes halogenated alkanes) is 5. The summed E-state index contributed by atoms with van der Waals surface area (Å²) in [6.45, 7) is 1.59. The van der Waals surface area contributed by atoms with Crippen LogP contribution in [-0.4, -0.2) is 52.6 Å². The molecular formula is C15H26O9. The lowest BCUT2D eigenvalue weighted by molar-refractivity contribution is -0.0263. The van der Waals surface area contributed by atoms with Crippen molar-refractivity contribution in [3.63, 3.8) is 0 Å². The Morgan fingerprint density at radius 2 is 1.33 bits per heavy atom. The molecule has 0 heterocycles. The molecule has 2 unspecified atom stereocenters. The number of hydrogen-bond acceptors (Lipinski definition) is 6. The third-order valence-corrected chi connectivity index (χ3v) is 3.33. The molecule has 0 bridgehead atoms. The Labute approximate surface area is 140 Å². The van der Waals surface area contributed by atoms with E-state index in [0.29, 0.717) is 6.42 Å². The van der Waals surface area contributed by atoms with E-state index in [0.717, 1.165) is 38.5 Å². The van der Waals surface area contributed by atoms with E-state index in [2.05, 4.69) is 16.4 Å². The highest BCUT2D eigenvalue weighted by Crippen LogP contribution is 2.16. The topological polar surface area (TPSA) is 140 Å². The molecule has 0 radical (unpaired) electrons. The van der Waals surface area contributed by atoms with Gasteiger partial charge < -0.3 is 29.5 Å². The van der Waals surface area contributed by atoms with Crippen molar-refractivity contribution in [3.8, 4) is 0 Å². The monoisotopic (exact) mass is 350 g/mol. The van der Waals surface area contributed by atoms with E-state index in [1.165, 1.54) is 0 Å². The molecule has 0 saturated heterocycles. The Morgan fingerprint density at radius 3 is 1.88 bits per heavy atom. The molecule has 140 valence electrons. The van der Waals surface area contributed by atoms with Crippen molar-refractivity contribution in [1.82, 2.24) is 0 Å². The molecule has 0 rings (SSSR count). The molecular weight excluding hydrogens is 324 g/mol. The second kappa shape index (κ2) is 13.3. The van der Waals surface area contributed by atoms with Crippen molar-refractivity contribution in [3.05, 3.63) is 0 Å². The Balaban J connectivity index is 4.42. The average molecular weight is 350 g/mol. The van der Waals surface area contributed by atoms with Gasteiger partial charge in [0.15, 0.2) is 0 Å². The number of hydrogen-bond donors (Lipinski definition) is 3. The maximum atomic E-state index is 10.7. The van der Waals surface area contributed by atoms with Crippen molar-refractivity contribution in [1.29, 1.82) is 0 Å². The SMILES string of the molecule is CCCCCCCCC(CC(COC(=O)O)OC(=O)O)OC(=O)O. The van der Waals surface area contributed by atoms with E-state index in [1.807, 2.05) is 0 Å². The Hall–Kier alpha value is -2.19. The lowest BCUT2D eigenvalue weighted by atomic mass is 10.0. The maximum absolute atomic E-state index is 10.7. The van der Waals surface area contributed by atoms with Crippen molar-refractivity contribution < 1.29 is 43.9 Å². The normalized spacial score (nSPS) is 12.9. The Morgan fingerprint density at radius 1 is 0.792 bits per heavy atom. The highest BCUT2D eigenvalue weighted by molar-refractivity contribution is 5.58. The fourth-order valence-electron chi connectivity index (χ4n) is 2.27. The minimum Gasteiger partial charge on any atom is -0.450 e. The Kier molecular flexibility index (Phi) is 12.1. The standard InChI is InChI=1S/C15H26O9/c1-2-3-4-5-6-7-8-11(23-14(18)19)9-12(24-15(20)21)10-22-13(16)17/h11-12H,2-10H2,1H3,(H,16,17)(H,18,19)(H,20,21). The Bertz CT molecular complexity index is 383. The molecule has 0 aliphatic heterocycles. The summed E-state index contributed by atoms with van der Waals surface area (Å²) in [4.78, 5) is 31.8. The zero-order valence-corrected chi connectivity index (χ0v) is 13.8. The number of ether oxygens (including phenoxy) is 3. The van der Waals surface area contributed by atoms with Crippen LogP contribution >= 0.6 is 0 Å². The molecule has 0 fully saturated rings. The third-order valence-electron chi connectivity index (χ3n) is 3.33. The van der Waals surface area contributed by atoms with E-state index < -0.39 is 37.3 Å². The fraction of sp³-hybridized carbons (Fsp3) is 0.800. The van der Waals surface area contributed by atoms with Gasteiger partial charge >= 0.3 is 18.5 Å². The van der Waals surface area contributed by atoms with E-state index in [9.17, 15) is 14.4 Å². The van der Waals surface area contributed by atoms with Crippen LogP contribution < -0.4 is 0 Å². The quantitative estimate of drug-likeness (QED) is 0.256. The zero-order valence-electron chi connectivity index (χ0n) is 13.8. The zero-order chi connectivity index (χ0) is 18.4. The molecule has 0 aromatic heterocycles. The number of carboxylic acid groups (broad SMARTS) is 3. The molecule has 0 amide bonds. The van der Waals surface area contributed by atoms with Crippen molar-refractivity contribution in [2.24, 2.45) is 0 Å². The second-order valence-corrected chi connectivity index (χ2v) is 5.38. The van der Waals surface area contributed by atoms with Crippen LogP contribution in [0.25, 0.3) is 0 Å². The van der Waals surface area contributed by atoms with Gasteiger partial charge in [-0.05, 0) is 12.8 Å². The van der Waals surface area contributed by atoms with Crippen LogP contribution in [0.1, 0.15) is 58.3 Å². The van der Waals surface area contributed by atoms with Crippen LogP contribution in [0, 0.1) is 0 Å². The molecule has 3 N–H and O–H groups in total. The molecule has 9 heteroatoms. The second-order valence-electron chi connectivity index (χ2n) is 5.38. The summed E-state index contributed by atoms with van der Waals surface area (Å²) in [6, 6.07) is 0. The summed E-state index contributed by atoms with van der Waals surface area (Å²) in [5.41, 5.74) is 0. The average Bonchev–Trinajstić information content (AvgIpc) is 2.47. The molecule has 9 nitrogen and oxygen atoms in total. The first-order chi connectivity index (χ1) is 11.3. The van der Waals surface area contributed by atoms with Crippen LogP contribution in [0.15, 0.2) is 0 Å². The molecule has 0 aliphatic rings. The minimum atomic E-state index is -1.59. The molecule has 24 heavy (non-hydrogen) atoms. The molecule has 0 aromatic rings. The van der Waals surface area contributed by atoms with Gasteiger partial charge in [-0.15, -0.1) is 0 Å². The summed E-state index contributed by atoms with van der Waals surface area (Å²) < 4.78 is 13.6. The number of carbonyl (C=O) groups is 3. The van der Waals surface area contributed by atoms with Crippen LogP contribution in [0.2, 0.25) is 0 Å². The molecule has 0 aliphatic carbocycles. The first kappa shape index (κ1) is 21.8. The minimum absolute atomic E-state index is 0.0964. The van der Waals surface area contributed by atoms with Gasteiger partial charge in [0.25, 0.3) is 0 Å². The first-order valence-corrected chi connectivity index (χ1v) is 8.00. The third kappa shape index (κ3) is 13.5. The van der Waals surface area contributed by atoms with Crippen LogP contribution in [0.5, 0.6) is 0 Å². The van der Waals surface area contributed by atoms with Gasteiger partial charge in [-0.25, -0.2) is 14.4 Å². The van der Waals surface area contributed by atoms with E-state index in [-0.39, 0.29) is 6.42 Å². The summed E-state index contributed by atoms with van der Waals surface area (Å²) in [6.07, 6.45) is -0.176. The molecule has 0 aromatic carbocycles. The highest BCUT2D eigenvalue weighted by atomic mass is 16.7. The first-order valence-electron chi connectivity index (χ1n) is 8.00. The van der Waals surface area contributed by atoms with Gasteiger partial charge in [0.1, 0.15) is 18.8 Å². The van der Waals surface area contributed by atoms with Gasteiger partial charge in [0.05, 0.1) is 0 Å². The van der Waals surface area contributed by atoms with Gasteiger partial charge in [-0.2, -0.15) is 0 Å². The smallest absolute Gasteiger partial charge is 0.450 e. The van der Waals surface area contributed by atoms with E-state index >= 15 is 0 Å². The van der Waals surface area contributed by atoms with E-state index in [4.69, 9.17) is 20.1 Å². The van der Waals surface area contributed by atoms with Crippen molar-refractivity contribution in [2.45, 2.75) is 70.5 Å². The predicted octanol–water partition coefficient (Wildman–Crippen LogP) is 3.95.